The van der Waals surface area contributed by atoms with Crippen LogP contribution in [-0.2, 0) is 0 Å². The summed E-state index contributed by atoms with van der Waals surface area (Å²) in [5, 5.41) is 0. The highest BCUT2D eigenvalue weighted by Crippen LogP contribution is 2.14. The molecule has 0 amide bonds. The van der Waals surface area contributed by atoms with Crippen LogP contribution in [0.5, 0.6) is 5.75 Å². The van der Waals surface area contributed by atoms with E-state index in [1.54, 1.807) is 12.4 Å². The van der Waals surface area contributed by atoms with Crippen molar-refractivity contribution in [1.29, 1.82) is 0 Å². The highest BCUT2D eigenvalue weighted by molar-refractivity contribution is 5.69. The number of pyridine rings is 1. The molecule has 0 aliphatic carbocycles. The van der Waals surface area contributed by atoms with Gasteiger partial charge in [-0.2, -0.15) is 0 Å². The van der Waals surface area contributed by atoms with Gasteiger partial charge in [0.15, 0.2) is 0 Å². The Hall–Kier alpha value is -2.09. The summed E-state index contributed by atoms with van der Waals surface area (Å²) < 4.78 is 5.54. The van der Waals surface area contributed by atoms with Gasteiger partial charge in [0.05, 0.1) is 6.61 Å². The van der Waals surface area contributed by atoms with Crippen molar-refractivity contribution in [2.24, 2.45) is 0 Å². The van der Waals surface area contributed by atoms with Crippen molar-refractivity contribution in [3.05, 3.63) is 59.9 Å². The lowest BCUT2D eigenvalue weighted by atomic mass is 10.1. The van der Waals surface area contributed by atoms with Crippen LogP contribution >= 0.6 is 0 Å². The number of nitrogens with zero attached hydrogens (tertiary/aromatic N) is 1. The quantitative estimate of drug-likeness (QED) is 0.785. The Kier molecular flexibility index (Phi) is 4.53. The van der Waals surface area contributed by atoms with Crippen molar-refractivity contribution in [2.45, 2.75) is 13.3 Å². The topological polar surface area (TPSA) is 22.1 Å². The molecule has 1 heterocycles. The normalized spacial score (nSPS) is 10.7. The molecule has 0 saturated heterocycles. The number of aromatic nitrogens is 1. The number of hydrogen-bond donors (Lipinski definition) is 0. The fourth-order valence-electron chi connectivity index (χ4n) is 1.56. The van der Waals surface area contributed by atoms with Crippen molar-refractivity contribution in [3.8, 4) is 5.75 Å². The minimum absolute atomic E-state index is 0.770. The SMILES string of the molecule is CCCOc1ccc(/C=C/c2ccncc2)cc1. The monoisotopic (exact) mass is 239 g/mol. The number of benzene rings is 1. The van der Waals surface area contributed by atoms with Gasteiger partial charge in [-0.1, -0.05) is 31.2 Å². The van der Waals surface area contributed by atoms with Crippen LogP contribution in [0.3, 0.4) is 0 Å². The van der Waals surface area contributed by atoms with Gasteiger partial charge < -0.3 is 4.74 Å². The van der Waals surface area contributed by atoms with Crippen molar-refractivity contribution in [2.75, 3.05) is 6.61 Å². The largest absolute Gasteiger partial charge is 0.494 e. The van der Waals surface area contributed by atoms with E-state index in [4.69, 9.17) is 4.74 Å². The Bertz CT molecular complexity index is 488. The van der Waals surface area contributed by atoms with Gasteiger partial charge in [-0.05, 0) is 41.8 Å². The molecule has 1 aromatic heterocycles. The molecule has 0 bridgehead atoms. The summed E-state index contributed by atoms with van der Waals surface area (Å²) in [6.45, 7) is 2.87. The molecule has 0 fully saturated rings. The van der Waals surface area contributed by atoms with Gasteiger partial charge in [0.25, 0.3) is 0 Å². The zero-order chi connectivity index (χ0) is 12.6. The lowest BCUT2D eigenvalue weighted by molar-refractivity contribution is 0.317. The molecule has 2 aromatic rings. The van der Waals surface area contributed by atoms with E-state index in [2.05, 4.69) is 36.2 Å². The second kappa shape index (κ2) is 6.60. The number of hydrogen-bond acceptors (Lipinski definition) is 2. The smallest absolute Gasteiger partial charge is 0.119 e. The third kappa shape index (κ3) is 3.74. The molecule has 1 aromatic carbocycles. The molecule has 18 heavy (non-hydrogen) atoms. The van der Waals surface area contributed by atoms with Gasteiger partial charge >= 0.3 is 0 Å². The predicted molar refractivity (Wildman–Crippen MR) is 75.4 cm³/mol. The third-order valence-corrected chi connectivity index (χ3v) is 2.53. The fourth-order valence-corrected chi connectivity index (χ4v) is 1.56. The van der Waals surface area contributed by atoms with Gasteiger partial charge in [-0.25, -0.2) is 0 Å². The Labute approximate surface area is 108 Å². The van der Waals surface area contributed by atoms with Crippen LogP contribution < -0.4 is 4.74 Å². The highest BCUT2D eigenvalue weighted by atomic mass is 16.5. The van der Waals surface area contributed by atoms with Crippen LogP contribution in [0.4, 0.5) is 0 Å². The Balaban J connectivity index is 2.00. The van der Waals surface area contributed by atoms with Crippen molar-refractivity contribution in [1.82, 2.24) is 4.98 Å². The average Bonchev–Trinajstić information content (AvgIpc) is 2.45. The molecule has 0 atom stereocenters. The predicted octanol–water partition coefficient (Wildman–Crippen LogP) is 4.04. The first kappa shape index (κ1) is 12.4. The minimum Gasteiger partial charge on any atom is -0.494 e. The molecule has 2 nitrogen and oxygen atoms in total. The van der Waals surface area contributed by atoms with Crippen LogP contribution in [0.15, 0.2) is 48.8 Å². The van der Waals surface area contributed by atoms with Gasteiger partial charge in [-0.3, -0.25) is 4.98 Å². The highest BCUT2D eigenvalue weighted by Gasteiger charge is 1.92. The van der Waals surface area contributed by atoms with Gasteiger partial charge in [0.2, 0.25) is 0 Å². The van der Waals surface area contributed by atoms with E-state index in [-0.39, 0.29) is 0 Å². The minimum atomic E-state index is 0.770. The Morgan fingerprint density at radius 1 is 0.944 bits per heavy atom. The van der Waals surface area contributed by atoms with Crippen LogP contribution in [0.2, 0.25) is 0 Å². The molecule has 0 saturated carbocycles. The standard InChI is InChI=1S/C16H17NO/c1-2-13-18-16-7-5-14(6-8-16)3-4-15-9-11-17-12-10-15/h3-12H,2,13H2,1H3/b4-3+. The summed E-state index contributed by atoms with van der Waals surface area (Å²) in [7, 11) is 0. The summed E-state index contributed by atoms with van der Waals surface area (Å²) in [5.74, 6) is 0.929. The van der Waals surface area contributed by atoms with Crippen molar-refractivity contribution in [3.63, 3.8) is 0 Å². The molecule has 0 aliphatic rings. The first-order chi connectivity index (χ1) is 8.88. The van der Waals surface area contributed by atoms with Crippen molar-refractivity contribution >= 4 is 12.2 Å². The summed E-state index contributed by atoms with van der Waals surface area (Å²) in [6, 6.07) is 12.1. The fraction of sp³-hybridized carbons (Fsp3) is 0.188. The van der Waals surface area contributed by atoms with E-state index in [9.17, 15) is 0 Å². The second-order valence-electron chi connectivity index (χ2n) is 4.03. The van der Waals surface area contributed by atoms with E-state index >= 15 is 0 Å². The van der Waals surface area contributed by atoms with E-state index < -0.39 is 0 Å². The maximum Gasteiger partial charge on any atom is 0.119 e. The third-order valence-electron chi connectivity index (χ3n) is 2.53. The number of ether oxygens (including phenoxy) is 1. The zero-order valence-corrected chi connectivity index (χ0v) is 10.5. The first-order valence-corrected chi connectivity index (χ1v) is 6.19. The molecule has 92 valence electrons. The average molecular weight is 239 g/mol. The van der Waals surface area contributed by atoms with Crippen LogP contribution in [0.25, 0.3) is 12.2 Å². The van der Waals surface area contributed by atoms with E-state index in [0.717, 1.165) is 29.9 Å². The maximum atomic E-state index is 5.54. The molecule has 2 heteroatoms. The summed E-state index contributed by atoms with van der Waals surface area (Å²) >= 11 is 0. The molecular weight excluding hydrogens is 222 g/mol. The summed E-state index contributed by atoms with van der Waals surface area (Å²) in [5.41, 5.74) is 2.31. The van der Waals surface area contributed by atoms with E-state index in [1.165, 1.54) is 0 Å². The molecule has 0 N–H and O–H groups in total. The van der Waals surface area contributed by atoms with Crippen LogP contribution in [-0.4, -0.2) is 11.6 Å². The lowest BCUT2D eigenvalue weighted by Gasteiger charge is -2.03. The second-order valence-corrected chi connectivity index (χ2v) is 4.03. The van der Waals surface area contributed by atoms with Gasteiger partial charge in [-0.15, -0.1) is 0 Å². The molecular formula is C16H17NO. The van der Waals surface area contributed by atoms with E-state index in [1.807, 2.05) is 24.3 Å². The lowest BCUT2D eigenvalue weighted by Crippen LogP contribution is -1.94. The van der Waals surface area contributed by atoms with E-state index in [0.29, 0.717) is 0 Å². The molecule has 2 rings (SSSR count). The molecule has 0 aliphatic heterocycles. The van der Waals surface area contributed by atoms with Gasteiger partial charge in [0.1, 0.15) is 5.75 Å². The summed E-state index contributed by atoms with van der Waals surface area (Å²) in [6.07, 6.45) is 8.77. The molecule has 0 radical (unpaired) electrons. The van der Waals surface area contributed by atoms with Crippen LogP contribution in [0, 0.1) is 0 Å². The van der Waals surface area contributed by atoms with Crippen LogP contribution in [0.1, 0.15) is 24.5 Å². The maximum absolute atomic E-state index is 5.54. The first-order valence-electron chi connectivity index (χ1n) is 6.19. The Morgan fingerprint density at radius 2 is 1.56 bits per heavy atom. The van der Waals surface area contributed by atoms with Crippen molar-refractivity contribution < 1.29 is 4.74 Å². The number of rotatable bonds is 5. The molecule has 0 unspecified atom stereocenters. The molecule has 0 spiro atoms. The Morgan fingerprint density at radius 3 is 2.17 bits per heavy atom. The summed E-state index contributed by atoms with van der Waals surface area (Å²) in [4.78, 5) is 3.99. The zero-order valence-electron chi connectivity index (χ0n) is 10.5. The van der Waals surface area contributed by atoms with Gasteiger partial charge in [0, 0.05) is 12.4 Å².